The Labute approximate surface area is 98.2 Å². The van der Waals surface area contributed by atoms with E-state index < -0.39 is 5.41 Å². The van der Waals surface area contributed by atoms with Crippen LogP contribution in [-0.2, 0) is 4.79 Å². The number of hydrogen-bond donors (Lipinski definition) is 1. The lowest BCUT2D eigenvalue weighted by Crippen LogP contribution is -2.34. The van der Waals surface area contributed by atoms with Crippen LogP contribution in [0, 0.1) is 22.7 Å². The molecule has 0 aromatic heterocycles. The maximum absolute atomic E-state index is 11.7. The molecule has 1 amide bonds. The first-order valence-corrected chi connectivity index (χ1v) is 6.38. The van der Waals surface area contributed by atoms with Crippen LogP contribution in [0.25, 0.3) is 0 Å². The van der Waals surface area contributed by atoms with Crippen LogP contribution in [0.3, 0.4) is 0 Å². The van der Waals surface area contributed by atoms with Gasteiger partial charge in [-0.1, -0.05) is 33.1 Å². The van der Waals surface area contributed by atoms with Crippen LogP contribution in [0.4, 0.5) is 0 Å². The minimum absolute atomic E-state index is 0.0510. The third-order valence-corrected chi connectivity index (χ3v) is 3.49. The van der Waals surface area contributed by atoms with Crippen LogP contribution in [0.1, 0.15) is 52.4 Å². The van der Waals surface area contributed by atoms with Crippen molar-refractivity contribution >= 4 is 5.91 Å². The summed E-state index contributed by atoms with van der Waals surface area (Å²) in [7, 11) is 0. The molecule has 0 radical (unpaired) electrons. The summed E-state index contributed by atoms with van der Waals surface area (Å²) in [4.78, 5) is 11.7. The van der Waals surface area contributed by atoms with Crippen LogP contribution in [-0.4, -0.2) is 12.5 Å². The molecule has 3 heteroatoms. The fraction of sp³-hybridized carbons (Fsp3) is 0.846. The molecule has 90 valence electrons. The topological polar surface area (TPSA) is 52.9 Å². The highest BCUT2D eigenvalue weighted by molar-refractivity contribution is 5.88. The second-order valence-electron chi connectivity index (χ2n) is 4.82. The molecule has 0 aliphatic heterocycles. The van der Waals surface area contributed by atoms with E-state index in [1.807, 2.05) is 0 Å². The molecular weight excluding hydrogens is 200 g/mol. The summed E-state index contributed by atoms with van der Waals surface area (Å²) in [6, 6.07) is 2.13. The van der Waals surface area contributed by atoms with Crippen molar-refractivity contribution in [1.82, 2.24) is 5.32 Å². The predicted molar refractivity (Wildman–Crippen MR) is 63.6 cm³/mol. The lowest BCUT2D eigenvalue weighted by atomic mass is 9.99. The van der Waals surface area contributed by atoms with Gasteiger partial charge in [-0.2, -0.15) is 5.26 Å². The Hall–Kier alpha value is -1.04. The molecule has 1 fully saturated rings. The van der Waals surface area contributed by atoms with E-state index in [2.05, 4.69) is 25.2 Å². The van der Waals surface area contributed by atoms with Crippen LogP contribution in [0.15, 0.2) is 0 Å². The number of nitriles is 1. The zero-order valence-corrected chi connectivity index (χ0v) is 10.4. The van der Waals surface area contributed by atoms with E-state index >= 15 is 0 Å². The highest BCUT2D eigenvalue weighted by Gasteiger charge is 2.50. The molecule has 1 N–H and O–H groups in total. The second kappa shape index (κ2) is 5.89. The van der Waals surface area contributed by atoms with E-state index in [-0.39, 0.29) is 5.91 Å². The van der Waals surface area contributed by atoms with Gasteiger partial charge in [0.25, 0.3) is 0 Å². The van der Waals surface area contributed by atoms with Crippen molar-refractivity contribution in [3.8, 4) is 6.07 Å². The third kappa shape index (κ3) is 3.23. The predicted octanol–water partition coefficient (Wildman–Crippen LogP) is 2.62. The molecule has 0 aromatic rings. The number of carbonyl (C=O) groups is 1. The molecule has 16 heavy (non-hydrogen) atoms. The minimum Gasteiger partial charge on any atom is -0.354 e. The summed E-state index contributed by atoms with van der Waals surface area (Å²) in [6.45, 7) is 5.07. The average Bonchev–Trinajstić information content (AvgIpc) is 3.10. The summed E-state index contributed by atoms with van der Waals surface area (Å²) in [6.07, 6.45) is 6.17. The van der Waals surface area contributed by atoms with Gasteiger partial charge in [-0.15, -0.1) is 0 Å². The second-order valence-corrected chi connectivity index (χ2v) is 4.82. The van der Waals surface area contributed by atoms with Gasteiger partial charge in [0, 0.05) is 6.54 Å². The number of hydrogen-bond acceptors (Lipinski definition) is 2. The quantitative estimate of drug-likeness (QED) is 0.720. The van der Waals surface area contributed by atoms with Gasteiger partial charge in [0.05, 0.1) is 6.07 Å². The summed E-state index contributed by atoms with van der Waals surface area (Å²) >= 11 is 0. The zero-order valence-electron chi connectivity index (χ0n) is 10.4. The maximum atomic E-state index is 11.7. The molecule has 1 aliphatic rings. The van der Waals surface area contributed by atoms with Gasteiger partial charge in [-0.05, 0) is 25.2 Å². The maximum Gasteiger partial charge on any atom is 0.240 e. The number of unbranched alkanes of at least 4 members (excludes halogenated alkanes) is 1. The van der Waals surface area contributed by atoms with E-state index in [0.29, 0.717) is 5.92 Å². The van der Waals surface area contributed by atoms with E-state index in [1.165, 1.54) is 19.3 Å². The Morgan fingerprint density at radius 3 is 2.62 bits per heavy atom. The molecule has 1 rings (SSSR count). The zero-order chi connectivity index (χ0) is 12.0. The van der Waals surface area contributed by atoms with Crippen molar-refractivity contribution in [3.63, 3.8) is 0 Å². The van der Waals surface area contributed by atoms with Gasteiger partial charge in [0.15, 0.2) is 0 Å². The Balaban J connectivity index is 2.27. The summed E-state index contributed by atoms with van der Waals surface area (Å²) in [5.41, 5.74) is -0.664. The van der Waals surface area contributed by atoms with Gasteiger partial charge in [0.2, 0.25) is 5.91 Å². The first kappa shape index (κ1) is 13.0. The van der Waals surface area contributed by atoms with Gasteiger partial charge >= 0.3 is 0 Å². The molecule has 1 unspecified atom stereocenters. The molecule has 0 heterocycles. The van der Waals surface area contributed by atoms with Crippen molar-refractivity contribution in [3.05, 3.63) is 0 Å². The SMILES string of the molecule is CCCCC(CC)CNC(=O)C1(C#N)CC1. The van der Waals surface area contributed by atoms with Crippen molar-refractivity contribution in [2.75, 3.05) is 6.54 Å². The molecule has 0 aromatic carbocycles. The summed E-state index contributed by atoms with van der Waals surface area (Å²) in [5, 5.41) is 11.8. The normalized spacial score (nSPS) is 18.6. The summed E-state index contributed by atoms with van der Waals surface area (Å²) < 4.78 is 0. The lowest BCUT2D eigenvalue weighted by molar-refractivity contribution is -0.124. The molecule has 3 nitrogen and oxygen atoms in total. The molecule has 0 bridgehead atoms. The molecule has 1 saturated carbocycles. The molecule has 1 atom stereocenters. The largest absolute Gasteiger partial charge is 0.354 e. The van der Waals surface area contributed by atoms with Crippen molar-refractivity contribution < 1.29 is 4.79 Å². The van der Waals surface area contributed by atoms with E-state index in [1.54, 1.807) is 0 Å². The van der Waals surface area contributed by atoms with Crippen molar-refractivity contribution in [2.45, 2.75) is 52.4 Å². The number of carbonyl (C=O) groups excluding carboxylic acids is 1. The van der Waals surface area contributed by atoms with Gasteiger partial charge < -0.3 is 5.32 Å². The monoisotopic (exact) mass is 222 g/mol. The third-order valence-electron chi connectivity index (χ3n) is 3.49. The standard InChI is InChI=1S/C13H22N2O/c1-3-5-6-11(4-2)9-15-12(16)13(10-14)7-8-13/h11H,3-9H2,1-2H3,(H,15,16). The Morgan fingerprint density at radius 1 is 1.50 bits per heavy atom. The summed E-state index contributed by atoms with van der Waals surface area (Å²) in [5.74, 6) is 0.517. The first-order chi connectivity index (χ1) is 7.68. The Morgan fingerprint density at radius 2 is 2.19 bits per heavy atom. The van der Waals surface area contributed by atoms with Crippen LogP contribution >= 0.6 is 0 Å². The van der Waals surface area contributed by atoms with E-state index in [0.717, 1.165) is 25.8 Å². The Bertz CT molecular complexity index is 276. The highest BCUT2D eigenvalue weighted by Crippen LogP contribution is 2.44. The van der Waals surface area contributed by atoms with Gasteiger partial charge in [-0.25, -0.2) is 0 Å². The average molecular weight is 222 g/mol. The molecular formula is C13H22N2O. The highest BCUT2D eigenvalue weighted by atomic mass is 16.2. The van der Waals surface area contributed by atoms with Gasteiger partial charge in [0.1, 0.15) is 5.41 Å². The first-order valence-electron chi connectivity index (χ1n) is 6.38. The van der Waals surface area contributed by atoms with Crippen molar-refractivity contribution in [2.24, 2.45) is 11.3 Å². The number of nitrogens with one attached hydrogen (secondary N) is 1. The molecule has 0 spiro atoms. The Kier molecular flexibility index (Phi) is 4.79. The molecule has 0 saturated heterocycles. The number of amides is 1. The van der Waals surface area contributed by atoms with E-state index in [9.17, 15) is 4.79 Å². The molecule has 1 aliphatic carbocycles. The van der Waals surface area contributed by atoms with Crippen LogP contribution < -0.4 is 5.32 Å². The van der Waals surface area contributed by atoms with Crippen LogP contribution in [0.2, 0.25) is 0 Å². The van der Waals surface area contributed by atoms with Crippen LogP contribution in [0.5, 0.6) is 0 Å². The lowest BCUT2D eigenvalue weighted by Gasteiger charge is -2.16. The fourth-order valence-corrected chi connectivity index (χ4v) is 1.86. The van der Waals surface area contributed by atoms with E-state index in [4.69, 9.17) is 5.26 Å². The smallest absolute Gasteiger partial charge is 0.240 e. The van der Waals surface area contributed by atoms with Crippen molar-refractivity contribution in [1.29, 1.82) is 5.26 Å². The number of rotatable bonds is 7. The minimum atomic E-state index is -0.664. The number of nitrogens with zero attached hydrogens (tertiary/aromatic N) is 1. The van der Waals surface area contributed by atoms with Gasteiger partial charge in [-0.3, -0.25) is 4.79 Å². The fourth-order valence-electron chi connectivity index (χ4n) is 1.86.